The molecule has 0 aliphatic heterocycles. The van der Waals surface area contributed by atoms with E-state index in [0.717, 1.165) is 51.4 Å². The lowest BCUT2D eigenvalue weighted by Crippen LogP contribution is -2.13. The maximum atomic E-state index is 13.1. The van der Waals surface area contributed by atoms with Gasteiger partial charge in [-0.3, -0.25) is 4.79 Å². The predicted octanol–water partition coefficient (Wildman–Crippen LogP) is 8.72. The Morgan fingerprint density at radius 2 is 1.60 bits per heavy atom. The predicted molar refractivity (Wildman–Crippen MR) is 164 cm³/mol. The molecular formula is C35H34N4O. The summed E-state index contributed by atoms with van der Waals surface area (Å²) in [6.07, 6.45) is 7.77. The standard InChI is InChI=1S/C35H34N4O/c1-24-15-16-26(18-17-25-9-5-6-10-25)23-32(24)37-34(40)28-19-21-29(22-20-28)36-35-38-31-14-8-7-13-30(31)33(39-35)27-11-3-2-4-12-27/h2-4,7-8,11-16,19-23,25H,5-6,9-10,17-18H2,1H3,(H,37,40)(H,36,38,39). The summed E-state index contributed by atoms with van der Waals surface area (Å²) in [5.74, 6) is 1.26. The molecule has 4 aromatic carbocycles. The molecule has 5 nitrogen and oxygen atoms in total. The molecule has 5 heteroatoms. The van der Waals surface area contributed by atoms with Crippen molar-refractivity contribution in [2.45, 2.75) is 45.4 Å². The Labute approximate surface area is 235 Å². The molecule has 1 fully saturated rings. The molecule has 5 aromatic rings. The Balaban J connectivity index is 1.16. The molecule has 1 aromatic heterocycles. The normalized spacial score (nSPS) is 13.4. The second-order valence-electron chi connectivity index (χ2n) is 10.8. The highest BCUT2D eigenvalue weighted by atomic mass is 16.1. The Morgan fingerprint density at radius 3 is 2.40 bits per heavy atom. The van der Waals surface area contributed by atoms with Crippen molar-refractivity contribution < 1.29 is 4.79 Å². The highest BCUT2D eigenvalue weighted by Crippen LogP contribution is 2.30. The Hall–Kier alpha value is -4.51. The van der Waals surface area contributed by atoms with Crippen LogP contribution < -0.4 is 10.6 Å². The van der Waals surface area contributed by atoms with E-state index in [1.54, 1.807) is 0 Å². The fraction of sp³-hybridized carbons (Fsp3) is 0.229. The number of amides is 1. The second-order valence-corrected chi connectivity index (χ2v) is 10.8. The number of hydrogen-bond donors (Lipinski definition) is 2. The molecule has 0 unspecified atom stereocenters. The summed E-state index contributed by atoms with van der Waals surface area (Å²) in [5.41, 5.74) is 7.45. The van der Waals surface area contributed by atoms with Crippen molar-refractivity contribution in [1.82, 2.24) is 9.97 Å². The number of carbonyl (C=O) groups excluding carboxylic acids is 1. The van der Waals surface area contributed by atoms with Gasteiger partial charge in [-0.05, 0) is 73.2 Å². The van der Waals surface area contributed by atoms with Crippen LogP contribution in [0.5, 0.6) is 0 Å². The first-order valence-electron chi connectivity index (χ1n) is 14.2. The Morgan fingerprint density at radius 1 is 0.850 bits per heavy atom. The monoisotopic (exact) mass is 526 g/mol. The highest BCUT2D eigenvalue weighted by Gasteiger charge is 2.15. The van der Waals surface area contributed by atoms with E-state index in [2.05, 4.69) is 41.0 Å². The van der Waals surface area contributed by atoms with E-state index in [1.165, 1.54) is 37.7 Å². The number of anilines is 3. The zero-order valence-electron chi connectivity index (χ0n) is 22.9. The lowest BCUT2D eigenvalue weighted by Gasteiger charge is -2.13. The number of rotatable bonds is 8. The average molecular weight is 527 g/mol. The van der Waals surface area contributed by atoms with Crippen LogP contribution in [0.2, 0.25) is 0 Å². The number of aryl methyl sites for hydroxylation is 2. The van der Waals surface area contributed by atoms with Crippen molar-refractivity contribution in [2.24, 2.45) is 5.92 Å². The zero-order valence-corrected chi connectivity index (χ0v) is 22.9. The third kappa shape index (κ3) is 5.89. The fourth-order valence-electron chi connectivity index (χ4n) is 5.61. The largest absolute Gasteiger partial charge is 0.324 e. The van der Waals surface area contributed by atoms with Gasteiger partial charge in [-0.15, -0.1) is 0 Å². The number of hydrogen-bond acceptors (Lipinski definition) is 4. The van der Waals surface area contributed by atoms with Gasteiger partial charge in [0.15, 0.2) is 0 Å². The number of nitrogens with zero attached hydrogens (tertiary/aromatic N) is 2. The molecule has 40 heavy (non-hydrogen) atoms. The molecule has 0 bridgehead atoms. The molecule has 200 valence electrons. The molecular weight excluding hydrogens is 492 g/mol. The number of nitrogens with one attached hydrogen (secondary N) is 2. The van der Waals surface area contributed by atoms with Gasteiger partial charge >= 0.3 is 0 Å². The minimum absolute atomic E-state index is 0.115. The number of carbonyl (C=O) groups is 1. The molecule has 0 radical (unpaired) electrons. The van der Waals surface area contributed by atoms with Gasteiger partial charge in [0.25, 0.3) is 5.91 Å². The lowest BCUT2D eigenvalue weighted by atomic mass is 9.97. The van der Waals surface area contributed by atoms with E-state index >= 15 is 0 Å². The molecule has 1 amide bonds. The summed E-state index contributed by atoms with van der Waals surface area (Å²) in [5, 5.41) is 7.45. The summed E-state index contributed by atoms with van der Waals surface area (Å²) in [7, 11) is 0. The van der Waals surface area contributed by atoms with Crippen molar-refractivity contribution in [3.63, 3.8) is 0 Å². The van der Waals surface area contributed by atoms with Gasteiger partial charge in [0.05, 0.1) is 11.2 Å². The van der Waals surface area contributed by atoms with E-state index < -0.39 is 0 Å². The number of aromatic nitrogens is 2. The fourth-order valence-corrected chi connectivity index (χ4v) is 5.61. The molecule has 6 rings (SSSR count). The molecule has 1 aliphatic rings. The van der Waals surface area contributed by atoms with Crippen LogP contribution in [0.3, 0.4) is 0 Å². The maximum Gasteiger partial charge on any atom is 0.255 e. The van der Waals surface area contributed by atoms with E-state index in [9.17, 15) is 4.79 Å². The SMILES string of the molecule is Cc1ccc(CCC2CCCC2)cc1NC(=O)c1ccc(Nc2nc(-c3ccccc3)c3ccccc3n2)cc1. The smallest absolute Gasteiger partial charge is 0.255 e. The van der Waals surface area contributed by atoms with Gasteiger partial charge < -0.3 is 10.6 Å². The quantitative estimate of drug-likeness (QED) is 0.212. The van der Waals surface area contributed by atoms with Gasteiger partial charge in [-0.1, -0.05) is 86.3 Å². The highest BCUT2D eigenvalue weighted by molar-refractivity contribution is 6.05. The van der Waals surface area contributed by atoms with Crippen LogP contribution in [-0.2, 0) is 6.42 Å². The first-order chi connectivity index (χ1) is 19.6. The summed E-state index contributed by atoms with van der Waals surface area (Å²) >= 11 is 0. The van der Waals surface area contributed by atoms with E-state index in [0.29, 0.717) is 11.5 Å². The number of para-hydroxylation sites is 1. The molecule has 2 N–H and O–H groups in total. The lowest BCUT2D eigenvalue weighted by molar-refractivity contribution is 0.102. The summed E-state index contributed by atoms with van der Waals surface area (Å²) in [6.45, 7) is 2.04. The van der Waals surface area contributed by atoms with Gasteiger partial charge in [0, 0.05) is 27.9 Å². The van der Waals surface area contributed by atoms with Gasteiger partial charge in [0.1, 0.15) is 0 Å². The summed E-state index contributed by atoms with van der Waals surface area (Å²) in [6, 6.07) is 32.0. The van der Waals surface area contributed by atoms with Gasteiger partial charge in [-0.2, -0.15) is 0 Å². The Kier molecular flexibility index (Phi) is 7.53. The maximum absolute atomic E-state index is 13.1. The second kappa shape index (κ2) is 11.7. The van der Waals surface area contributed by atoms with Crippen LogP contribution in [0.25, 0.3) is 22.2 Å². The van der Waals surface area contributed by atoms with E-state index in [1.807, 2.05) is 73.7 Å². The van der Waals surface area contributed by atoms with Crippen LogP contribution in [0.4, 0.5) is 17.3 Å². The number of benzene rings is 4. The minimum Gasteiger partial charge on any atom is -0.324 e. The summed E-state index contributed by atoms with van der Waals surface area (Å²) < 4.78 is 0. The molecule has 1 aliphatic carbocycles. The van der Waals surface area contributed by atoms with Crippen molar-refractivity contribution >= 4 is 34.1 Å². The van der Waals surface area contributed by atoms with Crippen molar-refractivity contribution in [1.29, 1.82) is 0 Å². The molecule has 1 heterocycles. The van der Waals surface area contributed by atoms with Crippen LogP contribution in [0.1, 0.15) is 53.6 Å². The molecule has 0 saturated heterocycles. The van der Waals surface area contributed by atoms with Gasteiger partial charge in [0.2, 0.25) is 5.95 Å². The van der Waals surface area contributed by atoms with Crippen LogP contribution in [-0.4, -0.2) is 15.9 Å². The first-order valence-corrected chi connectivity index (χ1v) is 14.2. The molecule has 0 atom stereocenters. The average Bonchev–Trinajstić information content (AvgIpc) is 3.52. The van der Waals surface area contributed by atoms with Crippen molar-refractivity contribution in [3.05, 3.63) is 114 Å². The molecule has 0 spiro atoms. The summed E-state index contributed by atoms with van der Waals surface area (Å²) in [4.78, 5) is 22.7. The van der Waals surface area contributed by atoms with E-state index in [4.69, 9.17) is 9.97 Å². The van der Waals surface area contributed by atoms with Crippen molar-refractivity contribution in [3.8, 4) is 11.3 Å². The third-order valence-corrected chi connectivity index (χ3v) is 7.92. The third-order valence-electron chi connectivity index (χ3n) is 7.92. The topological polar surface area (TPSA) is 66.9 Å². The number of fused-ring (bicyclic) bond motifs is 1. The minimum atomic E-state index is -0.115. The van der Waals surface area contributed by atoms with E-state index in [-0.39, 0.29) is 5.91 Å². The molecule has 1 saturated carbocycles. The van der Waals surface area contributed by atoms with Crippen LogP contribution in [0, 0.1) is 12.8 Å². The zero-order chi connectivity index (χ0) is 27.3. The van der Waals surface area contributed by atoms with Gasteiger partial charge in [-0.25, -0.2) is 9.97 Å². The van der Waals surface area contributed by atoms with Crippen molar-refractivity contribution in [2.75, 3.05) is 10.6 Å². The van der Waals surface area contributed by atoms with Crippen LogP contribution in [0.15, 0.2) is 97.1 Å². The first kappa shape index (κ1) is 25.8. The van der Waals surface area contributed by atoms with Crippen LogP contribution >= 0.6 is 0 Å². The Bertz CT molecular complexity index is 1620.